The molecule has 0 saturated heterocycles. The predicted molar refractivity (Wildman–Crippen MR) is 125 cm³/mol. The summed E-state index contributed by atoms with van der Waals surface area (Å²) < 4.78 is 22.7. The second-order valence-corrected chi connectivity index (χ2v) is 7.32. The van der Waals surface area contributed by atoms with E-state index in [1.165, 1.54) is 36.4 Å². The van der Waals surface area contributed by atoms with Crippen LogP contribution in [0.4, 0.5) is 14.9 Å². The second-order valence-electron chi connectivity index (χ2n) is 7.32. The van der Waals surface area contributed by atoms with Gasteiger partial charge in [0, 0.05) is 24.2 Å². The fraction of sp³-hybridized carbons (Fsp3) is 0.192. The highest BCUT2D eigenvalue weighted by molar-refractivity contribution is 5.95. The Morgan fingerprint density at radius 3 is 2.32 bits per heavy atom. The Kier molecular flexibility index (Phi) is 8.73. The quantitative estimate of drug-likeness (QED) is 0.348. The van der Waals surface area contributed by atoms with Crippen molar-refractivity contribution in [3.05, 3.63) is 95.3 Å². The van der Waals surface area contributed by atoms with Crippen molar-refractivity contribution in [2.75, 3.05) is 11.9 Å². The Morgan fingerprint density at radius 2 is 1.62 bits per heavy atom. The van der Waals surface area contributed by atoms with Crippen LogP contribution in [0.1, 0.15) is 34.8 Å². The predicted octanol–water partition coefficient (Wildman–Crippen LogP) is 4.86. The Labute approximate surface area is 196 Å². The van der Waals surface area contributed by atoms with Crippen LogP contribution in [0.3, 0.4) is 0 Å². The van der Waals surface area contributed by atoms with Crippen molar-refractivity contribution in [2.24, 2.45) is 0 Å². The summed E-state index contributed by atoms with van der Waals surface area (Å²) in [5, 5.41) is 5.68. The summed E-state index contributed by atoms with van der Waals surface area (Å²) >= 11 is 0. The minimum absolute atomic E-state index is 0.180. The summed E-state index contributed by atoms with van der Waals surface area (Å²) in [5.74, 6) is -0.547. The molecule has 34 heavy (non-hydrogen) atoms. The fourth-order valence-corrected chi connectivity index (χ4v) is 3.11. The molecule has 0 heterocycles. The number of rotatable bonds is 9. The molecule has 2 N–H and O–H groups in total. The molecule has 2 amide bonds. The number of hydrogen-bond donors (Lipinski definition) is 2. The zero-order valence-electron chi connectivity index (χ0n) is 18.7. The average molecular weight is 464 g/mol. The zero-order valence-corrected chi connectivity index (χ0v) is 18.7. The van der Waals surface area contributed by atoms with Gasteiger partial charge < -0.3 is 20.1 Å². The van der Waals surface area contributed by atoms with Gasteiger partial charge in [-0.1, -0.05) is 30.3 Å². The van der Waals surface area contributed by atoms with Crippen molar-refractivity contribution in [2.45, 2.75) is 26.3 Å². The van der Waals surface area contributed by atoms with Crippen molar-refractivity contribution in [1.29, 1.82) is 0 Å². The lowest BCUT2D eigenvalue weighted by Gasteiger charge is -2.12. The van der Waals surface area contributed by atoms with Crippen LogP contribution >= 0.6 is 0 Å². The van der Waals surface area contributed by atoms with Crippen LogP contribution in [0.25, 0.3) is 0 Å². The summed E-state index contributed by atoms with van der Waals surface area (Å²) in [6.45, 7) is 2.08. The first-order chi connectivity index (χ1) is 16.4. The molecule has 8 heteroatoms. The number of halogens is 1. The van der Waals surface area contributed by atoms with Crippen molar-refractivity contribution in [3.8, 4) is 5.75 Å². The van der Waals surface area contributed by atoms with Gasteiger partial charge in [-0.05, 0) is 66.9 Å². The first-order valence-electron chi connectivity index (χ1n) is 10.8. The molecule has 0 aromatic heterocycles. The minimum atomic E-state index is -0.809. The van der Waals surface area contributed by atoms with Crippen LogP contribution in [0.2, 0.25) is 0 Å². The number of anilines is 1. The highest BCUT2D eigenvalue weighted by Gasteiger charge is 2.11. The van der Waals surface area contributed by atoms with Gasteiger partial charge in [0.15, 0.2) is 0 Å². The van der Waals surface area contributed by atoms with Gasteiger partial charge in [-0.3, -0.25) is 9.59 Å². The van der Waals surface area contributed by atoms with E-state index >= 15 is 0 Å². The van der Waals surface area contributed by atoms with Crippen LogP contribution in [0, 0.1) is 5.82 Å². The number of benzene rings is 3. The summed E-state index contributed by atoms with van der Waals surface area (Å²) in [7, 11) is 0. The molecule has 0 saturated carbocycles. The van der Waals surface area contributed by atoms with Gasteiger partial charge in [0.25, 0.3) is 5.91 Å². The molecular formula is C26H25FN2O5. The van der Waals surface area contributed by atoms with E-state index in [-0.39, 0.29) is 43.0 Å². The first kappa shape index (κ1) is 24.4. The molecule has 3 aromatic carbocycles. The number of ether oxygens (including phenoxy) is 2. The molecule has 176 valence electrons. The number of aryl methyl sites for hydroxylation is 1. The highest BCUT2D eigenvalue weighted by atomic mass is 19.1. The van der Waals surface area contributed by atoms with Crippen LogP contribution in [0.5, 0.6) is 5.75 Å². The first-order valence-corrected chi connectivity index (χ1v) is 10.8. The zero-order chi connectivity index (χ0) is 24.3. The van der Waals surface area contributed by atoms with Crippen LogP contribution < -0.4 is 15.4 Å². The van der Waals surface area contributed by atoms with E-state index in [0.29, 0.717) is 17.7 Å². The molecule has 3 aromatic rings. The lowest BCUT2D eigenvalue weighted by atomic mass is 10.1. The minimum Gasteiger partial charge on any atom is -0.434 e. The number of amides is 2. The van der Waals surface area contributed by atoms with Crippen LogP contribution in [-0.2, 0) is 22.5 Å². The third-order valence-electron chi connectivity index (χ3n) is 4.86. The molecule has 0 aliphatic heterocycles. The number of carbonyl (C=O) groups excluding carboxylic acids is 3. The largest absolute Gasteiger partial charge is 0.513 e. The average Bonchev–Trinajstić information content (AvgIpc) is 2.83. The number of carbonyl (C=O) groups is 3. The van der Waals surface area contributed by atoms with Crippen LogP contribution in [-0.4, -0.2) is 24.6 Å². The third kappa shape index (κ3) is 7.44. The lowest BCUT2D eigenvalue weighted by Crippen LogP contribution is -2.24. The summed E-state index contributed by atoms with van der Waals surface area (Å²) in [5.41, 5.74) is 2.60. The van der Waals surface area contributed by atoms with Gasteiger partial charge >= 0.3 is 6.16 Å². The lowest BCUT2D eigenvalue weighted by molar-refractivity contribution is -0.116. The Morgan fingerprint density at radius 1 is 0.912 bits per heavy atom. The monoisotopic (exact) mass is 464 g/mol. The number of hydrogen-bond acceptors (Lipinski definition) is 5. The van der Waals surface area contributed by atoms with E-state index in [1.54, 1.807) is 31.2 Å². The van der Waals surface area contributed by atoms with Crippen molar-refractivity contribution >= 4 is 23.7 Å². The third-order valence-corrected chi connectivity index (χ3v) is 4.86. The maximum absolute atomic E-state index is 13.0. The summed E-state index contributed by atoms with van der Waals surface area (Å²) in [4.78, 5) is 36.3. The SMILES string of the molecule is CCOC(=O)Oc1ccc(C(=O)NCc2ccccc2NC(=O)CCc2ccc(F)cc2)cc1. The second kappa shape index (κ2) is 12.2. The molecule has 0 spiro atoms. The Balaban J connectivity index is 1.53. The van der Waals surface area contributed by atoms with E-state index in [9.17, 15) is 18.8 Å². The Hall–Kier alpha value is -4.20. The molecule has 0 aliphatic carbocycles. The van der Waals surface area contributed by atoms with Crippen molar-refractivity contribution in [1.82, 2.24) is 5.32 Å². The van der Waals surface area contributed by atoms with Gasteiger partial charge in [-0.2, -0.15) is 0 Å². The van der Waals surface area contributed by atoms with Gasteiger partial charge in [0.2, 0.25) is 5.91 Å². The molecule has 0 radical (unpaired) electrons. The normalized spacial score (nSPS) is 10.3. The van der Waals surface area contributed by atoms with E-state index in [2.05, 4.69) is 10.6 Å². The molecule has 7 nitrogen and oxygen atoms in total. The van der Waals surface area contributed by atoms with Crippen molar-refractivity contribution in [3.63, 3.8) is 0 Å². The smallest absolute Gasteiger partial charge is 0.434 e. The maximum Gasteiger partial charge on any atom is 0.513 e. The topological polar surface area (TPSA) is 93.7 Å². The Bertz CT molecular complexity index is 1130. The van der Waals surface area contributed by atoms with Crippen molar-refractivity contribution < 1.29 is 28.2 Å². The maximum atomic E-state index is 13.0. The summed E-state index contributed by atoms with van der Waals surface area (Å²) in [6.07, 6.45) is -0.0796. The van der Waals surface area contributed by atoms with Gasteiger partial charge in [-0.25, -0.2) is 9.18 Å². The molecule has 0 unspecified atom stereocenters. The highest BCUT2D eigenvalue weighted by Crippen LogP contribution is 2.17. The molecule has 0 atom stereocenters. The van der Waals surface area contributed by atoms with Crippen LogP contribution in [0.15, 0.2) is 72.8 Å². The molecule has 0 fully saturated rings. The number of nitrogens with one attached hydrogen (secondary N) is 2. The number of para-hydroxylation sites is 1. The van der Waals surface area contributed by atoms with E-state index in [1.807, 2.05) is 12.1 Å². The standard InChI is InChI=1S/C26H25FN2O5/c1-2-33-26(32)34-22-14-10-19(11-15-22)25(31)28-17-20-5-3-4-6-23(20)29-24(30)16-9-18-7-12-21(27)13-8-18/h3-8,10-15H,2,9,16-17H2,1H3,(H,28,31)(H,29,30). The molecule has 0 bridgehead atoms. The van der Waals surface area contributed by atoms with E-state index in [0.717, 1.165) is 11.1 Å². The molecular weight excluding hydrogens is 439 g/mol. The van der Waals surface area contributed by atoms with Gasteiger partial charge in [-0.15, -0.1) is 0 Å². The van der Waals surface area contributed by atoms with Gasteiger partial charge in [0.05, 0.1) is 6.61 Å². The van der Waals surface area contributed by atoms with E-state index < -0.39 is 6.16 Å². The summed E-state index contributed by atoms with van der Waals surface area (Å²) in [6, 6.07) is 19.3. The molecule has 0 aliphatic rings. The fourth-order valence-electron chi connectivity index (χ4n) is 3.11. The van der Waals surface area contributed by atoms with Gasteiger partial charge in [0.1, 0.15) is 11.6 Å². The molecule has 3 rings (SSSR count). The van der Waals surface area contributed by atoms with E-state index in [4.69, 9.17) is 9.47 Å².